The van der Waals surface area contributed by atoms with Gasteiger partial charge in [0.15, 0.2) is 6.10 Å². The summed E-state index contributed by atoms with van der Waals surface area (Å²) in [5.41, 5.74) is 1.27. The lowest BCUT2D eigenvalue weighted by Gasteiger charge is -2.39. The van der Waals surface area contributed by atoms with Gasteiger partial charge in [-0.05, 0) is 51.8 Å². The number of amides is 1. The van der Waals surface area contributed by atoms with Crippen molar-refractivity contribution in [2.45, 2.75) is 71.1 Å². The second kappa shape index (κ2) is 8.78. The van der Waals surface area contributed by atoms with Crippen molar-refractivity contribution < 1.29 is 18.7 Å². The minimum absolute atomic E-state index is 0.351. The van der Waals surface area contributed by atoms with Crippen LogP contribution in [0.3, 0.4) is 0 Å². The average molecular weight is 412 g/mol. The molecular formula is C23H29N3O4. The van der Waals surface area contributed by atoms with Crippen molar-refractivity contribution in [1.29, 1.82) is 5.26 Å². The Kier molecular flexibility index (Phi) is 6.35. The van der Waals surface area contributed by atoms with Crippen molar-refractivity contribution in [3.8, 4) is 6.07 Å². The fourth-order valence-corrected chi connectivity index (χ4v) is 4.23. The van der Waals surface area contributed by atoms with Gasteiger partial charge in [0.05, 0.1) is 24.4 Å². The SMILES string of the molecule is Cc1cc(C(=O)O[C@H](C)C(=O)N(C)C2(C#N)CCCCC2)c(C)n1Cc1ccco1. The number of aromatic nitrogens is 1. The second-order valence-corrected chi connectivity index (χ2v) is 8.10. The molecule has 1 aliphatic carbocycles. The largest absolute Gasteiger partial charge is 0.467 e. The van der Waals surface area contributed by atoms with E-state index in [4.69, 9.17) is 9.15 Å². The Morgan fingerprint density at radius 1 is 1.33 bits per heavy atom. The summed E-state index contributed by atoms with van der Waals surface area (Å²) in [6.45, 7) is 5.83. The molecule has 30 heavy (non-hydrogen) atoms. The topological polar surface area (TPSA) is 88.5 Å². The van der Waals surface area contributed by atoms with E-state index in [1.165, 1.54) is 4.90 Å². The monoisotopic (exact) mass is 411 g/mol. The third kappa shape index (κ3) is 4.13. The van der Waals surface area contributed by atoms with Gasteiger partial charge in [-0.15, -0.1) is 0 Å². The van der Waals surface area contributed by atoms with Crippen LogP contribution < -0.4 is 0 Å². The molecule has 1 fully saturated rings. The summed E-state index contributed by atoms with van der Waals surface area (Å²) in [5.74, 6) is -0.106. The number of carbonyl (C=O) groups excluding carboxylic acids is 2. The van der Waals surface area contributed by atoms with Crippen molar-refractivity contribution >= 4 is 11.9 Å². The fraction of sp³-hybridized carbons (Fsp3) is 0.522. The van der Waals surface area contributed by atoms with E-state index >= 15 is 0 Å². The van der Waals surface area contributed by atoms with Crippen molar-refractivity contribution in [1.82, 2.24) is 9.47 Å². The van der Waals surface area contributed by atoms with Crippen molar-refractivity contribution in [3.05, 3.63) is 47.2 Å². The Hall–Kier alpha value is -3.01. The molecular weight excluding hydrogens is 382 g/mol. The van der Waals surface area contributed by atoms with Gasteiger partial charge in [-0.3, -0.25) is 4.79 Å². The minimum atomic E-state index is -0.970. The van der Waals surface area contributed by atoms with Crippen LogP contribution in [-0.2, 0) is 16.1 Å². The lowest BCUT2D eigenvalue weighted by Crippen LogP contribution is -2.53. The molecule has 0 aromatic carbocycles. The van der Waals surface area contributed by atoms with Gasteiger partial charge >= 0.3 is 5.97 Å². The first-order chi connectivity index (χ1) is 14.3. The van der Waals surface area contributed by atoms with Gasteiger partial charge in [-0.1, -0.05) is 19.3 Å². The highest BCUT2D eigenvalue weighted by molar-refractivity contribution is 5.93. The first-order valence-electron chi connectivity index (χ1n) is 10.4. The highest BCUT2D eigenvalue weighted by Crippen LogP contribution is 2.33. The molecule has 2 aromatic rings. The number of carbonyl (C=O) groups is 2. The van der Waals surface area contributed by atoms with Gasteiger partial charge in [-0.25, -0.2) is 4.79 Å². The maximum Gasteiger partial charge on any atom is 0.340 e. The summed E-state index contributed by atoms with van der Waals surface area (Å²) in [7, 11) is 1.64. The normalized spacial score (nSPS) is 16.5. The maximum atomic E-state index is 12.9. The Morgan fingerprint density at radius 2 is 2.03 bits per heavy atom. The Morgan fingerprint density at radius 3 is 2.63 bits per heavy atom. The Balaban J connectivity index is 1.71. The molecule has 1 amide bonds. The molecule has 3 rings (SSSR count). The van der Waals surface area contributed by atoms with Gasteiger partial charge in [0.25, 0.3) is 5.91 Å². The number of hydrogen-bond acceptors (Lipinski definition) is 5. The van der Waals surface area contributed by atoms with Gasteiger partial charge < -0.3 is 18.6 Å². The van der Waals surface area contributed by atoms with E-state index in [1.807, 2.05) is 30.5 Å². The van der Waals surface area contributed by atoms with E-state index in [0.717, 1.165) is 36.4 Å². The smallest absolute Gasteiger partial charge is 0.340 e. The molecule has 0 radical (unpaired) electrons. The molecule has 2 aromatic heterocycles. The molecule has 1 saturated carbocycles. The van der Waals surface area contributed by atoms with E-state index in [1.54, 1.807) is 26.3 Å². The summed E-state index contributed by atoms with van der Waals surface area (Å²) in [6, 6.07) is 7.80. The minimum Gasteiger partial charge on any atom is -0.467 e. The highest BCUT2D eigenvalue weighted by atomic mass is 16.5. The van der Waals surface area contributed by atoms with Crippen LogP contribution in [0.2, 0.25) is 0 Å². The lowest BCUT2D eigenvalue weighted by molar-refractivity contribution is -0.143. The van der Waals surface area contributed by atoms with E-state index < -0.39 is 17.6 Å². The van der Waals surface area contributed by atoms with E-state index in [-0.39, 0.29) is 5.91 Å². The molecule has 1 atom stereocenters. The van der Waals surface area contributed by atoms with Crippen LogP contribution in [0.4, 0.5) is 0 Å². The molecule has 2 heterocycles. The number of likely N-dealkylation sites (N-methyl/N-ethyl adjacent to an activating group) is 1. The van der Waals surface area contributed by atoms with E-state index in [9.17, 15) is 14.9 Å². The Labute approximate surface area is 177 Å². The predicted octanol–water partition coefficient (Wildman–Crippen LogP) is 3.98. The van der Waals surface area contributed by atoms with Crippen LogP contribution in [0.15, 0.2) is 28.9 Å². The number of furan rings is 1. The zero-order valence-corrected chi connectivity index (χ0v) is 18.1. The van der Waals surface area contributed by atoms with Crippen LogP contribution in [0.1, 0.15) is 66.5 Å². The molecule has 0 bridgehead atoms. The van der Waals surface area contributed by atoms with Gasteiger partial charge in [0.2, 0.25) is 0 Å². The third-order valence-corrected chi connectivity index (χ3v) is 6.18. The van der Waals surface area contributed by atoms with E-state index in [0.29, 0.717) is 24.9 Å². The predicted molar refractivity (Wildman–Crippen MR) is 111 cm³/mol. The highest BCUT2D eigenvalue weighted by Gasteiger charge is 2.41. The zero-order chi connectivity index (χ0) is 21.9. The number of aryl methyl sites for hydroxylation is 1. The van der Waals surface area contributed by atoms with Gasteiger partial charge in [-0.2, -0.15) is 5.26 Å². The maximum absolute atomic E-state index is 12.9. The number of esters is 1. The summed E-state index contributed by atoms with van der Waals surface area (Å²) in [5, 5.41) is 9.72. The summed E-state index contributed by atoms with van der Waals surface area (Å²) < 4.78 is 12.9. The summed E-state index contributed by atoms with van der Waals surface area (Å²) >= 11 is 0. The molecule has 0 unspecified atom stereocenters. The van der Waals surface area contributed by atoms with Gasteiger partial charge in [0, 0.05) is 18.4 Å². The Bertz CT molecular complexity index is 946. The summed E-state index contributed by atoms with van der Waals surface area (Å²) in [6.07, 6.45) is 4.86. The van der Waals surface area contributed by atoms with Crippen LogP contribution in [-0.4, -0.2) is 40.0 Å². The first-order valence-corrected chi connectivity index (χ1v) is 10.4. The van der Waals surface area contributed by atoms with Crippen molar-refractivity contribution in [2.75, 3.05) is 7.05 Å². The molecule has 1 aliphatic rings. The molecule has 160 valence electrons. The average Bonchev–Trinajstić information content (AvgIpc) is 3.36. The molecule has 0 N–H and O–H groups in total. The number of nitrogens with zero attached hydrogens (tertiary/aromatic N) is 3. The number of nitriles is 1. The van der Waals surface area contributed by atoms with E-state index in [2.05, 4.69) is 6.07 Å². The van der Waals surface area contributed by atoms with Crippen molar-refractivity contribution in [3.63, 3.8) is 0 Å². The number of rotatable bonds is 6. The third-order valence-electron chi connectivity index (χ3n) is 6.18. The first kappa shape index (κ1) is 21.7. The van der Waals surface area contributed by atoms with Crippen molar-refractivity contribution in [2.24, 2.45) is 0 Å². The van der Waals surface area contributed by atoms with Crippen LogP contribution >= 0.6 is 0 Å². The molecule has 0 aliphatic heterocycles. The second-order valence-electron chi connectivity index (χ2n) is 8.10. The van der Waals surface area contributed by atoms with Gasteiger partial charge in [0.1, 0.15) is 11.3 Å². The standard InChI is InChI=1S/C23H29N3O4/c1-16-13-20(17(2)26(16)14-19-9-8-12-29-19)22(28)30-18(3)21(27)25(4)23(15-24)10-6-5-7-11-23/h8-9,12-13,18H,5-7,10-11,14H2,1-4H3/t18-/m1/s1. The number of ether oxygens (including phenoxy) is 1. The lowest BCUT2D eigenvalue weighted by atomic mass is 9.81. The fourth-order valence-electron chi connectivity index (χ4n) is 4.23. The molecule has 7 heteroatoms. The van der Waals surface area contributed by atoms with Crippen LogP contribution in [0, 0.1) is 25.2 Å². The number of hydrogen-bond donors (Lipinski definition) is 0. The van der Waals surface area contributed by atoms with Crippen LogP contribution in [0.5, 0.6) is 0 Å². The quantitative estimate of drug-likeness (QED) is 0.671. The molecule has 0 spiro atoms. The summed E-state index contributed by atoms with van der Waals surface area (Å²) in [4.78, 5) is 27.2. The molecule has 7 nitrogen and oxygen atoms in total. The van der Waals surface area contributed by atoms with Crippen LogP contribution in [0.25, 0.3) is 0 Å². The zero-order valence-electron chi connectivity index (χ0n) is 18.1. The molecule has 0 saturated heterocycles.